The quantitative estimate of drug-likeness (QED) is 0.888. The lowest BCUT2D eigenvalue weighted by molar-refractivity contribution is 0.101. The van der Waals surface area contributed by atoms with Crippen molar-refractivity contribution in [3.63, 3.8) is 0 Å². The minimum atomic E-state index is -0.138. The second-order valence-corrected chi connectivity index (χ2v) is 5.05. The summed E-state index contributed by atoms with van der Waals surface area (Å²) in [6.07, 6.45) is 0.814. The van der Waals surface area contributed by atoms with Crippen molar-refractivity contribution in [2.75, 3.05) is 12.4 Å². The molecule has 0 radical (unpaired) electrons. The number of aromatic nitrogens is 2. The molecule has 0 spiro atoms. The van der Waals surface area contributed by atoms with Crippen LogP contribution in [0, 0.1) is 0 Å². The maximum atomic E-state index is 12.4. The van der Waals surface area contributed by atoms with E-state index in [4.69, 9.17) is 0 Å². The standard InChI is InChI=1S/C16H22N4O/c1-5-12-10-15(20(4)19-12)16(21)18-14-9-7-6-8-13(14)11(2)17-3/h6-11,17H,5H2,1-4H3,(H,18,21). The number of carbonyl (C=O) groups excluding carboxylic acids is 1. The molecule has 1 aromatic carbocycles. The lowest BCUT2D eigenvalue weighted by Crippen LogP contribution is -2.19. The number of rotatable bonds is 5. The van der Waals surface area contributed by atoms with E-state index in [-0.39, 0.29) is 11.9 Å². The van der Waals surface area contributed by atoms with Crippen molar-refractivity contribution in [3.8, 4) is 0 Å². The van der Waals surface area contributed by atoms with Gasteiger partial charge in [0.2, 0.25) is 0 Å². The lowest BCUT2D eigenvalue weighted by Gasteiger charge is -2.16. The molecular weight excluding hydrogens is 264 g/mol. The lowest BCUT2D eigenvalue weighted by atomic mass is 10.1. The molecule has 1 heterocycles. The minimum Gasteiger partial charge on any atom is -0.320 e. The van der Waals surface area contributed by atoms with Gasteiger partial charge in [-0.25, -0.2) is 0 Å². The van der Waals surface area contributed by atoms with Gasteiger partial charge < -0.3 is 10.6 Å². The summed E-state index contributed by atoms with van der Waals surface area (Å²) in [4.78, 5) is 12.4. The Bertz CT molecular complexity index is 633. The molecule has 0 aliphatic carbocycles. The number of hydrogen-bond acceptors (Lipinski definition) is 3. The first-order valence-corrected chi connectivity index (χ1v) is 7.17. The van der Waals surface area contributed by atoms with Crippen LogP contribution >= 0.6 is 0 Å². The highest BCUT2D eigenvalue weighted by Gasteiger charge is 2.15. The van der Waals surface area contributed by atoms with E-state index in [1.165, 1.54) is 0 Å². The molecule has 112 valence electrons. The highest BCUT2D eigenvalue weighted by molar-refractivity contribution is 6.03. The Morgan fingerprint density at radius 2 is 2.10 bits per heavy atom. The first-order chi connectivity index (χ1) is 10.1. The van der Waals surface area contributed by atoms with Gasteiger partial charge in [0.1, 0.15) is 5.69 Å². The van der Waals surface area contributed by atoms with Gasteiger partial charge in [-0.2, -0.15) is 5.10 Å². The van der Waals surface area contributed by atoms with Crippen LogP contribution in [0.2, 0.25) is 0 Å². The van der Waals surface area contributed by atoms with E-state index >= 15 is 0 Å². The fraction of sp³-hybridized carbons (Fsp3) is 0.375. The van der Waals surface area contributed by atoms with E-state index < -0.39 is 0 Å². The van der Waals surface area contributed by atoms with Gasteiger partial charge in [-0.05, 0) is 38.1 Å². The number of para-hydroxylation sites is 1. The van der Waals surface area contributed by atoms with Crippen molar-refractivity contribution >= 4 is 11.6 Å². The average Bonchev–Trinajstić information content (AvgIpc) is 2.88. The normalized spacial score (nSPS) is 12.2. The van der Waals surface area contributed by atoms with Crippen molar-refractivity contribution in [1.82, 2.24) is 15.1 Å². The Labute approximate surface area is 125 Å². The minimum absolute atomic E-state index is 0.138. The van der Waals surface area contributed by atoms with Crippen LogP contribution in [0.15, 0.2) is 30.3 Å². The molecule has 0 saturated heterocycles. The largest absolute Gasteiger partial charge is 0.320 e. The van der Waals surface area contributed by atoms with Crippen LogP contribution in [0.25, 0.3) is 0 Å². The van der Waals surface area contributed by atoms with Crippen LogP contribution in [-0.4, -0.2) is 22.7 Å². The predicted octanol–water partition coefficient (Wildman–Crippen LogP) is 2.52. The van der Waals surface area contributed by atoms with E-state index in [9.17, 15) is 4.79 Å². The van der Waals surface area contributed by atoms with E-state index in [0.29, 0.717) is 5.69 Å². The zero-order chi connectivity index (χ0) is 15.4. The van der Waals surface area contributed by atoms with E-state index in [1.54, 1.807) is 11.7 Å². The van der Waals surface area contributed by atoms with Crippen LogP contribution in [0.3, 0.4) is 0 Å². The molecule has 0 saturated carbocycles. The molecule has 0 bridgehead atoms. The molecule has 2 N–H and O–H groups in total. The third kappa shape index (κ3) is 3.31. The van der Waals surface area contributed by atoms with Gasteiger partial charge >= 0.3 is 0 Å². The Morgan fingerprint density at radius 3 is 2.71 bits per heavy atom. The second kappa shape index (κ2) is 6.54. The summed E-state index contributed by atoms with van der Waals surface area (Å²) in [6.45, 7) is 4.08. The fourth-order valence-electron chi connectivity index (χ4n) is 2.24. The predicted molar refractivity (Wildman–Crippen MR) is 84.5 cm³/mol. The summed E-state index contributed by atoms with van der Waals surface area (Å²) < 4.78 is 1.62. The van der Waals surface area contributed by atoms with Crippen molar-refractivity contribution in [1.29, 1.82) is 0 Å². The van der Waals surface area contributed by atoms with Crippen LogP contribution in [-0.2, 0) is 13.5 Å². The number of carbonyl (C=O) groups is 1. The molecule has 5 nitrogen and oxygen atoms in total. The van der Waals surface area contributed by atoms with Crippen molar-refractivity contribution in [2.24, 2.45) is 7.05 Å². The number of anilines is 1. The first kappa shape index (κ1) is 15.3. The molecule has 0 aliphatic rings. The summed E-state index contributed by atoms with van der Waals surface area (Å²) >= 11 is 0. The van der Waals surface area contributed by atoms with Crippen LogP contribution in [0.1, 0.15) is 41.6 Å². The number of nitrogens with one attached hydrogen (secondary N) is 2. The monoisotopic (exact) mass is 286 g/mol. The molecule has 0 aliphatic heterocycles. The Hall–Kier alpha value is -2.14. The average molecular weight is 286 g/mol. The van der Waals surface area contributed by atoms with Gasteiger partial charge in [-0.3, -0.25) is 9.48 Å². The van der Waals surface area contributed by atoms with Crippen LogP contribution < -0.4 is 10.6 Å². The molecule has 2 aromatic rings. The topological polar surface area (TPSA) is 59.0 Å². The first-order valence-electron chi connectivity index (χ1n) is 7.17. The fourth-order valence-corrected chi connectivity index (χ4v) is 2.24. The summed E-state index contributed by atoms with van der Waals surface area (Å²) in [6, 6.07) is 9.81. The van der Waals surface area contributed by atoms with E-state index in [2.05, 4.69) is 22.7 Å². The maximum Gasteiger partial charge on any atom is 0.273 e. The number of aryl methyl sites for hydroxylation is 2. The molecule has 1 atom stereocenters. The van der Waals surface area contributed by atoms with Gasteiger partial charge in [0.25, 0.3) is 5.91 Å². The van der Waals surface area contributed by atoms with E-state index in [1.807, 2.05) is 44.3 Å². The number of amides is 1. The number of nitrogens with zero attached hydrogens (tertiary/aromatic N) is 2. The van der Waals surface area contributed by atoms with Gasteiger partial charge in [0.05, 0.1) is 5.69 Å². The van der Waals surface area contributed by atoms with Crippen LogP contribution in [0.5, 0.6) is 0 Å². The SMILES string of the molecule is CCc1cc(C(=O)Nc2ccccc2C(C)NC)n(C)n1. The molecule has 2 rings (SSSR count). The molecule has 1 unspecified atom stereocenters. The Balaban J connectivity index is 2.25. The third-order valence-electron chi connectivity index (χ3n) is 3.63. The van der Waals surface area contributed by atoms with Gasteiger partial charge in [-0.15, -0.1) is 0 Å². The molecule has 5 heteroatoms. The molecule has 1 amide bonds. The van der Waals surface area contributed by atoms with Crippen molar-refractivity contribution in [2.45, 2.75) is 26.3 Å². The summed E-state index contributed by atoms with van der Waals surface area (Å²) in [7, 11) is 3.69. The van der Waals surface area contributed by atoms with Crippen molar-refractivity contribution in [3.05, 3.63) is 47.3 Å². The zero-order valence-electron chi connectivity index (χ0n) is 13.0. The Kier molecular flexibility index (Phi) is 4.75. The van der Waals surface area contributed by atoms with E-state index in [0.717, 1.165) is 23.4 Å². The zero-order valence-corrected chi connectivity index (χ0v) is 13.0. The summed E-state index contributed by atoms with van der Waals surface area (Å²) in [5.74, 6) is -0.138. The second-order valence-electron chi connectivity index (χ2n) is 5.05. The molecule has 0 fully saturated rings. The van der Waals surface area contributed by atoms with Gasteiger partial charge in [0, 0.05) is 18.8 Å². The summed E-state index contributed by atoms with van der Waals surface area (Å²) in [5, 5.41) is 10.5. The third-order valence-corrected chi connectivity index (χ3v) is 3.63. The molecular formula is C16H22N4O. The Morgan fingerprint density at radius 1 is 1.38 bits per heavy atom. The van der Waals surface area contributed by atoms with Gasteiger partial charge in [0.15, 0.2) is 0 Å². The number of hydrogen-bond donors (Lipinski definition) is 2. The van der Waals surface area contributed by atoms with Gasteiger partial charge in [-0.1, -0.05) is 25.1 Å². The summed E-state index contributed by atoms with van der Waals surface area (Å²) in [5.41, 5.74) is 3.37. The highest BCUT2D eigenvalue weighted by Crippen LogP contribution is 2.22. The smallest absolute Gasteiger partial charge is 0.273 e. The highest BCUT2D eigenvalue weighted by atomic mass is 16.2. The molecule has 1 aromatic heterocycles. The van der Waals surface area contributed by atoms with Crippen molar-refractivity contribution < 1.29 is 4.79 Å². The number of benzene rings is 1. The maximum absolute atomic E-state index is 12.4. The van der Waals surface area contributed by atoms with Crippen LogP contribution in [0.4, 0.5) is 5.69 Å². The molecule has 21 heavy (non-hydrogen) atoms.